The first-order valence-electron chi connectivity index (χ1n) is 6.33. The van der Waals surface area contributed by atoms with E-state index in [1.807, 2.05) is 6.92 Å². The van der Waals surface area contributed by atoms with Gasteiger partial charge in [0.15, 0.2) is 0 Å². The summed E-state index contributed by atoms with van der Waals surface area (Å²) >= 11 is 0. The maximum atomic E-state index is 9.41. The fraction of sp³-hybridized carbons (Fsp3) is 1.00. The van der Waals surface area contributed by atoms with E-state index in [1.54, 1.807) is 0 Å². The van der Waals surface area contributed by atoms with E-state index in [-0.39, 0.29) is 6.10 Å². The highest BCUT2D eigenvalue weighted by Gasteiger charge is 2.28. The first-order valence-corrected chi connectivity index (χ1v) is 6.33. The zero-order valence-electron chi connectivity index (χ0n) is 10.00. The van der Waals surface area contributed by atoms with Crippen molar-refractivity contribution >= 4 is 0 Å². The normalized spacial score (nSPS) is 32.6. The molecule has 0 aromatic rings. The Bertz CT molecular complexity index is 153. The Kier molecular flexibility index (Phi) is 4.94. The summed E-state index contributed by atoms with van der Waals surface area (Å²) in [6.45, 7) is 6.56. The molecular weight excluding hydrogens is 172 g/mol. The molecule has 1 fully saturated rings. The SMILES string of the molecule is CCC1CCCCC1C(C)CC(C)O. The van der Waals surface area contributed by atoms with Crippen LogP contribution < -0.4 is 0 Å². The van der Waals surface area contributed by atoms with Gasteiger partial charge in [0.25, 0.3) is 0 Å². The minimum absolute atomic E-state index is 0.121. The Morgan fingerprint density at radius 2 is 1.86 bits per heavy atom. The smallest absolute Gasteiger partial charge is 0.0514 e. The molecule has 1 aliphatic carbocycles. The van der Waals surface area contributed by atoms with Gasteiger partial charge in [0.05, 0.1) is 6.10 Å². The summed E-state index contributed by atoms with van der Waals surface area (Å²) in [7, 11) is 0. The molecule has 0 bridgehead atoms. The molecule has 0 saturated heterocycles. The Balaban J connectivity index is 2.45. The Hall–Kier alpha value is -0.0400. The molecule has 4 atom stereocenters. The lowest BCUT2D eigenvalue weighted by Gasteiger charge is -2.35. The molecule has 0 aliphatic heterocycles. The van der Waals surface area contributed by atoms with Crippen LogP contribution in [0, 0.1) is 17.8 Å². The van der Waals surface area contributed by atoms with E-state index in [9.17, 15) is 5.11 Å². The van der Waals surface area contributed by atoms with Crippen LogP contribution in [0.3, 0.4) is 0 Å². The van der Waals surface area contributed by atoms with Gasteiger partial charge < -0.3 is 5.11 Å². The zero-order valence-corrected chi connectivity index (χ0v) is 10.00. The second kappa shape index (κ2) is 5.75. The topological polar surface area (TPSA) is 20.2 Å². The predicted octanol–water partition coefficient (Wildman–Crippen LogP) is 3.61. The highest BCUT2D eigenvalue weighted by atomic mass is 16.3. The average Bonchev–Trinajstić information content (AvgIpc) is 2.16. The fourth-order valence-electron chi connectivity index (χ4n) is 3.21. The van der Waals surface area contributed by atoms with Gasteiger partial charge in [-0.05, 0) is 37.5 Å². The quantitative estimate of drug-likeness (QED) is 0.731. The summed E-state index contributed by atoms with van der Waals surface area (Å²) in [5.41, 5.74) is 0. The first kappa shape index (κ1) is 12.0. The van der Waals surface area contributed by atoms with Crippen LogP contribution in [-0.4, -0.2) is 11.2 Å². The Morgan fingerprint density at radius 1 is 1.21 bits per heavy atom. The minimum Gasteiger partial charge on any atom is -0.393 e. The molecule has 0 aromatic carbocycles. The van der Waals surface area contributed by atoms with E-state index in [0.717, 1.165) is 18.3 Å². The standard InChI is InChI=1S/C13H26O/c1-4-12-7-5-6-8-13(12)10(2)9-11(3)14/h10-14H,4-9H2,1-3H3. The lowest BCUT2D eigenvalue weighted by molar-refractivity contribution is 0.103. The summed E-state index contributed by atoms with van der Waals surface area (Å²) in [6, 6.07) is 0. The molecule has 4 unspecified atom stereocenters. The van der Waals surface area contributed by atoms with Gasteiger partial charge in [-0.3, -0.25) is 0 Å². The van der Waals surface area contributed by atoms with Crippen LogP contribution in [0.5, 0.6) is 0 Å². The molecule has 1 rings (SSSR count). The van der Waals surface area contributed by atoms with E-state index in [4.69, 9.17) is 0 Å². The highest BCUT2D eigenvalue weighted by Crippen LogP contribution is 2.38. The van der Waals surface area contributed by atoms with E-state index >= 15 is 0 Å². The average molecular weight is 198 g/mol. The molecule has 0 amide bonds. The van der Waals surface area contributed by atoms with Gasteiger partial charge in [0, 0.05) is 0 Å². The largest absolute Gasteiger partial charge is 0.393 e. The molecule has 1 aliphatic rings. The lowest BCUT2D eigenvalue weighted by atomic mass is 9.70. The van der Waals surface area contributed by atoms with E-state index in [1.165, 1.54) is 32.1 Å². The summed E-state index contributed by atoms with van der Waals surface area (Å²) in [4.78, 5) is 0. The summed E-state index contributed by atoms with van der Waals surface area (Å²) in [5, 5.41) is 9.41. The van der Waals surface area contributed by atoms with Crippen LogP contribution in [0.2, 0.25) is 0 Å². The van der Waals surface area contributed by atoms with Crippen LogP contribution in [0.15, 0.2) is 0 Å². The van der Waals surface area contributed by atoms with Crippen LogP contribution in [-0.2, 0) is 0 Å². The van der Waals surface area contributed by atoms with Gasteiger partial charge >= 0.3 is 0 Å². The number of aliphatic hydroxyl groups is 1. The molecule has 1 N–H and O–H groups in total. The number of hydrogen-bond donors (Lipinski definition) is 1. The van der Waals surface area contributed by atoms with E-state index in [0.29, 0.717) is 5.92 Å². The molecule has 1 saturated carbocycles. The number of hydrogen-bond acceptors (Lipinski definition) is 1. The van der Waals surface area contributed by atoms with E-state index < -0.39 is 0 Å². The van der Waals surface area contributed by atoms with Gasteiger partial charge in [0.2, 0.25) is 0 Å². The summed E-state index contributed by atoms with van der Waals surface area (Å²) in [5.74, 6) is 2.51. The molecule has 1 heteroatoms. The molecule has 0 aromatic heterocycles. The first-order chi connectivity index (χ1) is 6.65. The zero-order chi connectivity index (χ0) is 10.6. The Labute approximate surface area is 88.9 Å². The monoisotopic (exact) mass is 198 g/mol. The van der Waals surface area contributed by atoms with Crippen molar-refractivity contribution in [2.75, 3.05) is 0 Å². The van der Waals surface area contributed by atoms with Crippen molar-refractivity contribution in [1.82, 2.24) is 0 Å². The third-order valence-corrected chi connectivity index (χ3v) is 3.94. The van der Waals surface area contributed by atoms with Gasteiger partial charge in [-0.2, -0.15) is 0 Å². The second-order valence-corrected chi connectivity index (χ2v) is 5.18. The van der Waals surface area contributed by atoms with Gasteiger partial charge in [-0.1, -0.05) is 39.5 Å². The van der Waals surface area contributed by atoms with Crippen LogP contribution in [0.4, 0.5) is 0 Å². The molecular formula is C13H26O. The third kappa shape index (κ3) is 3.27. The maximum Gasteiger partial charge on any atom is 0.0514 e. The van der Waals surface area contributed by atoms with Crippen LogP contribution in [0.1, 0.15) is 59.3 Å². The van der Waals surface area contributed by atoms with E-state index in [2.05, 4.69) is 13.8 Å². The second-order valence-electron chi connectivity index (χ2n) is 5.18. The van der Waals surface area contributed by atoms with Crippen molar-refractivity contribution in [2.24, 2.45) is 17.8 Å². The Morgan fingerprint density at radius 3 is 2.43 bits per heavy atom. The fourth-order valence-corrected chi connectivity index (χ4v) is 3.21. The number of aliphatic hydroxyl groups excluding tert-OH is 1. The molecule has 0 heterocycles. The van der Waals surface area contributed by atoms with Crippen LogP contribution >= 0.6 is 0 Å². The van der Waals surface area contributed by atoms with Crippen molar-refractivity contribution in [2.45, 2.75) is 65.4 Å². The molecule has 84 valence electrons. The van der Waals surface area contributed by atoms with Crippen molar-refractivity contribution in [3.05, 3.63) is 0 Å². The molecule has 1 nitrogen and oxygen atoms in total. The maximum absolute atomic E-state index is 9.41. The molecule has 14 heavy (non-hydrogen) atoms. The summed E-state index contributed by atoms with van der Waals surface area (Å²) in [6.07, 6.45) is 7.85. The number of rotatable bonds is 4. The van der Waals surface area contributed by atoms with Crippen LogP contribution in [0.25, 0.3) is 0 Å². The van der Waals surface area contributed by atoms with Gasteiger partial charge in [-0.25, -0.2) is 0 Å². The lowest BCUT2D eigenvalue weighted by Crippen LogP contribution is -2.27. The minimum atomic E-state index is -0.121. The van der Waals surface area contributed by atoms with Crippen molar-refractivity contribution in [3.8, 4) is 0 Å². The van der Waals surface area contributed by atoms with Crippen molar-refractivity contribution < 1.29 is 5.11 Å². The van der Waals surface area contributed by atoms with Gasteiger partial charge in [-0.15, -0.1) is 0 Å². The summed E-state index contributed by atoms with van der Waals surface area (Å²) < 4.78 is 0. The molecule has 0 spiro atoms. The van der Waals surface area contributed by atoms with Crippen molar-refractivity contribution in [1.29, 1.82) is 0 Å². The predicted molar refractivity (Wildman–Crippen MR) is 61.2 cm³/mol. The van der Waals surface area contributed by atoms with Crippen molar-refractivity contribution in [3.63, 3.8) is 0 Å². The van der Waals surface area contributed by atoms with Gasteiger partial charge in [0.1, 0.15) is 0 Å². The third-order valence-electron chi connectivity index (χ3n) is 3.94. The highest BCUT2D eigenvalue weighted by molar-refractivity contribution is 4.79. The molecule has 0 radical (unpaired) electrons.